The molecule has 0 aliphatic carbocycles. The first-order chi connectivity index (χ1) is 7.50. The molecule has 16 heavy (non-hydrogen) atoms. The standard InChI is InChI=1S/C12H10BrNO2/c1-6-12(16)11(7(2)15)9-5-8(13)3-4-10(9)14-6/h3-5,16H,1-2H3. The number of fused-ring (bicyclic) bond motifs is 1. The van der Waals surface area contributed by atoms with E-state index in [2.05, 4.69) is 20.9 Å². The zero-order valence-corrected chi connectivity index (χ0v) is 10.5. The minimum absolute atomic E-state index is 0.0295. The van der Waals surface area contributed by atoms with Gasteiger partial charge in [-0.25, -0.2) is 4.98 Å². The molecule has 0 atom stereocenters. The van der Waals surface area contributed by atoms with E-state index in [-0.39, 0.29) is 11.5 Å². The number of hydrogen-bond donors (Lipinski definition) is 1. The molecule has 0 amide bonds. The molecule has 1 N–H and O–H groups in total. The highest BCUT2D eigenvalue weighted by molar-refractivity contribution is 9.10. The number of pyridine rings is 1. The molecule has 1 aromatic heterocycles. The Bertz CT molecular complexity index is 593. The minimum atomic E-state index is -0.161. The number of aromatic nitrogens is 1. The SMILES string of the molecule is CC(=O)c1c(O)c(C)nc2ccc(Br)cc12. The Labute approximate surface area is 101 Å². The summed E-state index contributed by atoms with van der Waals surface area (Å²) in [4.78, 5) is 15.8. The van der Waals surface area contributed by atoms with Crippen molar-refractivity contribution in [3.63, 3.8) is 0 Å². The first-order valence-corrected chi connectivity index (χ1v) is 5.59. The second-order valence-corrected chi connectivity index (χ2v) is 4.55. The van der Waals surface area contributed by atoms with Crippen LogP contribution < -0.4 is 0 Å². The number of aromatic hydroxyl groups is 1. The molecular formula is C12H10BrNO2. The van der Waals surface area contributed by atoms with E-state index in [9.17, 15) is 9.90 Å². The predicted octanol–water partition coefficient (Wildman–Crippen LogP) is 3.21. The second kappa shape index (κ2) is 3.87. The van der Waals surface area contributed by atoms with Crippen LogP contribution in [0.1, 0.15) is 23.0 Å². The third-order valence-electron chi connectivity index (χ3n) is 2.45. The maximum atomic E-state index is 11.5. The molecule has 0 radical (unpaired) electrons. The zero-order chi connectivity index (χ0) is 11.9. The number of aryl methyl sites for hydroxylation is 1. The molecule has 0 saturated heterocycles. The summed E-state index contributed by atoms with van der Waals surface area (Å²) in [6.45, 7) is 3.12. The van der Waals surface area contributed by atoms with E-state index in [1.54, 1.807) is 13.0 Å². The van der Waals surface area contributed by atoms with E-state index in [1.165, 1.54) is 6.92 Å². The third kappa shape index (κ3) is 1.69. The highest BCUT2D eigenvalue weighted by Gasteiger charge is 2.15. The number of hydrogen-bond acceptors (Lipinski definition) is 3. The molecule has 3 nitrogen and oxygen atoms in total. The molecule has 0 saturated carbocycles. The zero-order valence-electron chi connectivity index (χ0n) is 8.91. The summed E-state index contributed by atoms with van der Waals surface area (Å²) in [5.74, 6) is -0.191. The van der Waals surface area contributed by atoms with Crippen molar-refractivity contribution in [2.45, 2.75) is 13.8 Å². The van der Waals surface area contributed by atoms with E-state index in [1.807, 2.05) is 12.1 Å². The fourth-order valence-electron chi connectivity index (χ4n) is 1.70. The van der Waals surface area contributed by atoms with Gasteiger partial charge < -0.3 is 5.11 Å². The van der Waals surface area contributed by atoms with Gasteiger partial charge in [-0.2, -0.15) is 0 Å². The number of carbonyl (C=O) groups is 1. The van der Waals surface area contributed by atoms with Gasteiger partial charge in [0.05, 0.1) is 16.8 Å². The van der Waals surface area contributed by atoms with Gasteiger partial charge in [0.15, 0.2) is 5.78 Å². The molecule has 1 aromatic carbocycles. The van der Waals surface area contributed by atoms with Crippen LogP contribution in [-0.2, 0) is 0 Å². The van der Waals surface area contributed by atoms with Crippen LogP contribution in [0.4, 0.5) is 0 Å². The number of rotatable bonds is 1. The van der Waals surface area contributed by atoms with E-state index in [0.717, 1.165) is 4.47 Å². The van der Waals surface area contributed by atoms with Gasteiger partial charge in [0.2, 0.25) is 0 Å². The molecule has 2 rings (SSSR count). The summed E-state index contributed by atoms with van der Waals surface area (Å²) in [6.07, 6.45) is 0. The van der Waals surface area contributed by atoms with E-state index < -0.39 is 0 Å². The van der Waals surface area contributed by atoms with Crippen LogP contribution in [-0.4, -0.2) is 15.9 Å². The maximum absolute atomic E-state index is 11.5. The quantitative estimate of drug-likeness (QED) is 0.816. The Morgan fingerprint density at radius 1 is 1.44 bits per heavy atom. The third-order valence-corrected chi connectivity index (χ3v) is 2.94. The monoisotopic (exact) mass is 279 g/mol. The Hall–Kier alpha value is -1.42. The van der Waals surface area contributed by atoms with Crippen LogP contribution in [0, 0.1) is 6.92 Å². The molecule has 2 aromatic rings. The van der Waals surface area contributed by atoms with Crippen molar-refractivity contribution in [1.29, 1.82) is 0 Å². The fraction of sp³-hybridized carbons (Fsp3) is 0.167. The van der Waals surface area contributed by atoms with Crippen LogP contribution in [0.2, 0.25) is 0 Å². The summed E-state index contributed by atoms with van der Waals surface area (Å²) in [7, 11) is 0. The van der Waals surface area contributed by atoms with Crippen LogP contribution >= 0.6 is 15.9 Å². The summed E-state index contributed by atoms with van der Waals surface area (Å²) in [6, 6.07) is 5.46. The molecule has 82 valence electrons. The summed E-state index contributed by atoms with van der Waals surface area (Å²) in [5, 5.41) is 10.5. The van der Waals surface area contributed by atoms with Crippen molar-refractivity contribution in [3.8, 4) is 5.75 Å². The van der Waals surface area contributed by atoms with Gasteiger partial charge in [-0.3, -0.25) is 4.79 Å². The van der Waals surface area contributed by atoms with Crippen LogP contribution in [0.3, 0.4) is 0 Å². The molecule has 0 bridgehead atoms. The molecule has 4 heteroatoms. The van der Waals surface area contributed by atoms with E-state index in [0.29, 0.717) is 22.2 Å². The summed E-state index contributed by atoms with van der Waals surface area (Å²) in [5.41, 5.74) is 1.52. The van der Waals surface area contributed by atoms with Crippen molar-refractivity contribution in [2.75, 3.05) is 0 Å². The normalized spacial score (nSPS) is 10.7. The van der Waals surface area contributed by atoms with Gasteiger partial charge >= 0.3 is 0 Å². The molecule has 0 spiro atoms. The van der Waals surface area contributed by atoms with Crippen molar-refractivity contribution < 1.29 is 9.90 Å². The highest BCUT2D eigenvalue weighted by Crippen LogP contribution is 2.30. The molecule has 0 fully saturated rings. The Kier molecular flexibility index (Phi) is 2.68. The lowest BCUT2D eigenvalue weighted by atomic mass is 10.0. The molecule has 0 aliphatic heterocycles. The smallest absolute Gasteiger partial charge is 0.164 e. The number of Topliss-reactive ketones (excluding diaryl/α,β-unsaturated/α-hetero) is 1. The highest BCUT2D eigenvalue weighted by atomic mass is 79.9. The van der Waals surface area contributed by atoms with Gasteiger partial charge in [0.1, 0.15) is 5.75 Å². The van der Waals surface area contributed by atoms with Crippen LogP contribution in [0.15, 0.2) is 22.7 Å². The Morgan fingerprint density at radius 2 is 2.12 bits per heavy atom. The first-order valence-electron chi connectivity index (χ1n) is 4.80. The number of carbonyl (C=O) groups excluding carboxylic acids is 1. The van der Waals surface area contributed by atoms with Crippen molar-refractivity contribution in [2.24, 2.45) is 0 Å². The molecular weight excluding hydrogens is 270 g/mol. The lowest BCUT2D eigenvalue weighted by Gasteiger charge is -2.08. The largest absolute Gasteiger partial charge is 0.505 e. The lowest BCUT2D eigenvalue weighted by molar-refractivity contribution is 0.101. The van der Waals surface area contributed by atoms with Gasteiger partial charge in [-0.05, 0) is 32.0 Å². The first kappa shape index (κ1) is 11.1. The Balaban J connectivity index is 2.96. The van der Waals surface area contributed by atoms with Crippen molar-refractivity contribution in [3.05, 3.63) is 33.9 Å². The van der Waals surface area contributed by atoms with E-state index >= 15 is 0 Å². The molecule has 1 heterocycles. The Morgan fingerprint density at radius 3 is 2.75 bits per heavy atom. The van der Waals surface area contributed by atoms with Crippen molar-refractivity contribution >= 4 is 32.6 Å². The average Bonchev–Trinajstić information content (AvgIpc) is 2.20. The van der Waals surface area contributed by atoms with Gasteiger partial charge in [-0.15, -0.1) is 0 Å². The molecule has 0 unspecified atom stereocenters. The fourth-order valence-corrected chi connectivity index (χ4v) is 2.07. The predicted molar refractivity (Wildman–Crippen MR) is 65.8 cm³/mol. The van der Waals surface area contributed by atoms with Crippen LogP contribution in [0.5, 0.6) is 5.75 Å². The number of halogens is 1. The average molecular weight is 280 g/mol. The van der Waals surface area contributed by atoms with Gasteiger partial charge in [0.25, 0.3) is 0 Å². The number of nitrogens with zero attached hydrogens (tertiary/aromatic N) is 1. The molecule has 0 aliphatic rings. The van der Waals surface area contributed by atoms with Crippen LogP contribution in [0.25, 0.3) is 10.9 Å². The lowest BCUT2D eigenvalue weighted by Crippen LogP contribution is -1.98. The maximum Gasteiger partial charge on any atom is 0.164 e. The minimum Gasteiger partial charge on any atom is -0.505 e. The van der Waals surface area contributed by atoms with Crippen molar-refractivity contribution in [1.82, 2.24) is 4.98 Å². The van der Waals surface area contributed by atoms with E-state index in [4.69, 9.17) is 0 Å². The topological polar surface area (TPSA) is 50.2 Å². The summed E-state index contributed by atoms with van der Waals surface area (Å²) >= 11 is 3.34. The van der Waals surface area contributed by atoms with Gasteiger partial charge in [-0.1, -0.05) is 15.9 Å². The second-order valence-electron chi connectivity index (χ2n) is 3.64. The van der Waals surface area contributed by atoms with Gasteiger partial charge in [0, 0.05) is 9.86 Å². The number of benzene rings is 1. The summed E-state index contributed by atoms with van der Waals surface area (Å²) < 4.78 is 0.854. The number of ketones is 1.